The Morgan fingerprint density at radius 2 is 1.83 bits per heavy atom. The average Bonchev–Trinajstić information content (AvgIpc) is 3.24. The summed E-state index contributed by atoms with van der Waals surface area (Å²) < 4.78 is 33.3. The number of methoxy groups -OCH3 is 1. The van der Waals surface area contributed by atoms with Gasteiger partial charge in [0.25, 0.3) is 5.91 Å². The van der Waals surface area contributed by atoms with Crippen molar-refractivity contribution in [2.24, 2.45) is 0 Å². The Morgan fingerprint density at radius 3 is 2.52 bits per heavy atom. The van der Waals surface area contributed by atoms with Gasteiger partial charge in [0.15, 0.2) is 0 Å². The number of hydrogen-bond donors (Lipinski definition) is 2. The molecule has 0 atom stereocenters. The van der Waals surface area contributed by atoms with E-state index in [-0.39, 0.29) is 17.0 Å². The van der Waals surface area contributed by atoms with Crippen molar-refractivity contribution in [1.29, 1.82) is 0 Å². The minimum absolute atomic E-state index is 0.0186. The van der Waals surface area contributed by atoms with Crippen LogP contribution in [0.1, 0.15) is 34.3 Å². The molecule has 7 nitrogen and oxygen atoms in total. The Kier molecular flexibility index (Phi) is 6.89. The number of hydrogen-bond acceptors (Lipinski definition) is 5. The minimum atomic E-state index is -3.78. The molecule has 1 fully saturated rings. The third-order valence-corrected chi connectivity index (χ3v) is 6.41. The highest BCUT2D eigenvalue weighted by Crippen LogP contribution is 2.22. The van der Waals surface area contributed by atoms with E-state index in [2.05, 4.69) is 21.0 Å². The van der Waals surface area contributed by atoms with Crippen molar-refractivity contribution in [3.63, 3.8) is 0 Å². The lowest BCUT2D eigenvalue weighted by Crippen LogP contribution is -2.25. The van der Waals surface area contributed by atoms with Crippen molar-refractivity contribution in [2.45, 2.75) is 30.8 Å². The van der Waals surface area contributed by atoms with E-state index in [0.717, 1.165) is 25.2 Å². The number of sulfonamides is 1. The molecule has 2 N–H and O–H groups in total. The van der Waals surface area contributed by atoms with Gasteiger partial charge in [0.1, 0.15) is 5.75 Å². The van der Waals surface area contributed by atoms with Crippen LogP contribution >= 0.6 is 0 Å². The molecule has 0 aromatic heterocycles. The average molecular weight is 418 g/mol. The molecule has 1 saturated heterocycles. The molecular formula is C21H27N3O4S. The summed E-state index contributed by atoms with van der Waals surface area (Å²) in [5.41, 5.74) is 2.24. The van der Waals surface area contributed by atoms with Gasteiger partial charge in [-0.05, 0) is 55.3 Å². The van der Waals surface area contributed by atoms with E-state index in [1.807, 2.05) is 18.2 Å². The highest BCUT2D eigenvalue weighted by Gasteiger charge is 2.19. The zero-order valence-corrected chi connectivity index (χ0v) is 17.6. The van der Waals surface area contributed by atoms with Gasteiger partial charge in [-0.2, -0.15) is 0 Å². The summed E-state index contributed by atoms with van der Waals surface area (Å²) in [4.78, 5) is 14.4. The molecule has 2 aromatic rings. The first-order valence-corrected chi connectivity index (χ1v) is 11.1. The quantitative estimate of drug-likeness (QED) is 0.687. The van der Waals surface area contributed by atoms with Crippen LogP contribution < -0.4 is 14.8 Å². The maximum atomic E-state index is 12.7. The molecule has 2 aromatic carbocycles. The summed E-state index contributed by atoms with van der Waals surface area (Å²) in [7, 11) is -0.863. The van der Waals surface area contributed by atoms with Crippen molar-refractivity contribution >= 4 is 15.9 Å². The molecule has 3 rings (SSSR count). The van der Waals surface area contributed by atoms with Crippen LogP contribution in [0, 0.1) is 0 Å². The molecule has 0 aliphatic carbocycles. The van der Waals surface area contributed by atoms with Gasteiger partial charge in [0, 0.05) is 20.1 Å². The molecule has 0 saturated carbocycles. The second kappa shape index (κ2) is 9.39. The fourth-order valence-electron chi connectivity index (χ4n) is 3.46. The highest BCUT2D eigenvalue weighted by molar-refractivity contribution is 7.89. The Morgan fingerprint density at radius 1 is 1.10 bits per heavy atom. The van der Waals surface area contributed by atoms with E-state index in [9.17, 15) is 13.2 Å². The lowest BCUT2D eigenvalue weighted by Gasteiger charge is -2.15. The fraction of sp³-hybridized carbons (Fsp3) is 0.381. The number of carbonyl (C=O) groups excluding carboxylic acids is 1. The highest BCUT2D eigenvalue weighted by atomic mass is 32.2. The van der Waals surface area contributed by atoms with Gasteiger partial charge in [-0.25, -0.2) is 13.1 Å². The summed E-state index contributed by atoms with van der Waals surface area (Å²) in [5, 5.41) is 2.49. The second-order valence-corrected chi connectivity index (χ2v) is 8.84. The molecule has 0 spiro atoms. The van der Waals surface area contributed by atoms with Gasteiger partial charge in [0.05, 0.1) is 17.6 Å². The van der Waals surface area contributed by atoms with Crippen LogP contribution in [0.15, 0.2) is 47.4 Å². The number of carbonyl (C=O) groups is 1. The van der Waals surface area contributed by atoms with Crippen LogP contribution in [0.2, 0.25) is 0 Å². The first-order valence-electron chi connectivity index (χ1n) is 9.63. The number of nitrogens with one attached hydrogen (secondary N) is 2. The molecule has 1 aliphatic heterocycles. The molecule has 1 amide bonds. The molecule has 0 unspecified atom stereocenters. The first-order chi connectivity index (χ1) is 13.9. The van der Waals surface area contributed by atoms with Crippen molar-refractivity contribution in [3.8, 4) is 5.75 Å². The molecule has 0 radical (unpaired) electrons. The molecule has 29 heavy (non-hydrogen) atoms. The smallest absolute Gasteiger partial charge is 0.254 e. The Balaban J connectivity index is 1.72. The van der Waals surface area contributed by atoms with E-state index < -0.39 is 15.9 Å². The normalized spacial score (nSPS) is 14.7. The predicted molar refractivity (Wildman–Crippen MR) is 111 cm³/mol. The van der Waals surface area contributed by atoms with Gasteiger partial charge in [0.2, 0.25) is 10.0 Å². The third kappa shape index (κ3) is 5.35. The Hall–Kier alpha value is -2.42. The third-order valence-electron chi connectivity index (χ3n) is 5.02. The lowest BCUT2D eigenvalue weighted by atomic mass is 10.1. The number of benzene rings is 2. The van der Waals surface area contributed by atoms with Crippen LogP contribution in [0.3, 0.4) is 0 Å². The van der Waals surface area contributed by atoms with Crippen LogP contribution in [0.4, 0.5) is 0 Å². The molecular weight excluding hydrogens is 390 g/mol. The van der Waals surface area contributed by atoms with Gasteiger partial charge in [-0.15, -0.1) is 0 Å². The van der Waals surface area contributed by atoms with E-state index in [4.69, 9.17) is 4.74 Å². The van der Waals surface area contributed by atoms with E-state index in [1.54, 1.807) is 0 Å². The van der Waals surface area contributed by atoms with E-state index in [0.29, 0.717) is 5.75 Å². The predicted octanol–water partition coefficient (Wildman–Crippen LogP) is 2.13. The zero-order valence-electron chi connectivity index (χ0n) is 16.8. The Labute approximate surface area is 172 Å². The molecule has 1 heterocycles. The number of ether oxygens (including phenoxy) is 1. The maximum absolute atomic E-state index is 12.7. The fourth-order valence-corrected chi connectivity index (χ4v) is 4.51. The lowest BCUT2D eigenvalue weighted by molar-refractivity contribution is 0.0960. The van der Waals surface area contributed by atoms with Gasteiger partial charge >= 0.3 is 0 Å². The summed E-state index contributed by atoms with van der Waals surface area (Å²) in [6.45, 7) is 3.29. The molecule has 156 valence electrons. The van der Waals surface area contributed by atoms with Crippen LogP contribution in [0.25, 0.3) is 0 Å². The first kappa shape index (κ1) is 21.3. The summed E-state index contributed by atoms with van der Waals surface area (Å²) in [6.07, 6.45) is 2.47. The number of nitrogens with zero attached hydrogens (tertiary/aromatic N) is 1. The van der Waals surface area contributed by atoms with Crippen LogP contribution in [-0.2, 0) is 23.1 Å². The monoisotopic (exact) mass is 417 g/mol. The molecule has 1 aliphatic rings. The number of amides is 1. The topological polar surface area (TPSA) is 87.7 Å². The van der Waals surface area contributed by atoms with Crippen molar-refractivity contribution in [3.05, 3.63) is 59.2 Å². The van der Waals surface area contributed by atoms with Gasteiger partial charge in [-0.1, -0.05) is 24.3 Å². The summed E-state index contributed by atoms with van der Waals surface area (Å²) in [5.74, 6) is -0.0913. The largest absolute Gasteiger partial charge is 0.496 e. The number of likely N-dealkylation sites (tertiary alicyclic amines) is 1. The van der Waals surface area contributed by atoms with Crippen molar-refractivity contribution in [2.75, 3.05) is 27.2 Å². The van der Waals surface area contributed by atoms with Crippen molar-refractivity contribution < 1.29 is 17.9 Å². The van der Waals surface area contributed by atoms with Gasteiger partial charge in [-0.3, -0.25) is 9.69 Å². The van der Waals surface area contributed by atoms with Crippen LogP contribution in [-0.4, -0.2) is 46.5 Å². The second-order valence-electron chi connectivity index (χ2n) is 7.07. The SMILES string of the molecule is CNC(=O)c1cc(S(=O)(=O)NCc2cccc(CN3CCCC3)c2)ccc1OC. The van der Waals surface area contributed by atoms with Gasteiger partial charge < -0.3 is 10.1 Å². The Bertz CT molecular complexity index is 970. The summed E-state index contributed by atoms with van der Waals surface area (Å²) >= 11 is 0. The summed E-state index contributed by atoms with van der Waals surface area (Å²) in [6, 6.07) is 12.2. The minimum Gasteiger partial charge on any atom is -0.496 e. The molecule has 0 bridgehead atoms. The molecule has 8 heteroatoms. The number of rotatable bonds is 8. The van der Waals surface area contributed by atoms with Crippen LogP contribution in [0.5, 0.6) is 5.75 Å². The van der Waals surface area contributed by atoms with Crippen molar-refractivity contribution in [1.82, 2.24) is 14.9 Å². The van der Waals surface area contributed by atoms with E-state index >= 15 is 0 Å². The zero-order chi connectivity index (χ0) is 20.9. The standard InChI is InChI=1S/C21H27N3O4S/c1-22-21(25)19-13-18(8-9-20(19)28-2)29(26,27)23-14-16-6-5-7-17(12-16)15-24-10-3-4-11-24/h5-9,12-13,23H,3-4,10-11,14-15H2,1-2H3,(H,22,25). The maximum Gasteiger partial charge on any atom is 0.254 e. The van der Waals surface area contributed by atoms with E-state index in [1.165, 1.54) is 50.8 Å².